The molecule has 4 heteroatoms. The maximum absolute atomic E-state index is 12.3. The van der Waals surface area contributed by atoms with E-state index in [0.717, 1.165) is 19.0 Å². The summed E-state index contributed by atoms with van der Waals surface area (Å²) in [5.74, 6) is 0.664. The third-order valence-electron chi connectivity index (χ3n) is 4.45. The highest BCUT2D eigenvalue weighted by Crippen LogP contribution is 2.19. The van der Waals surface area contributed by atoms with Crippen molar-refractivity contribution in [3.8, 4) is 0 Å². The van der Waals surface area contributed by atoms with Crippen molar-refractivity contribution >= 4 is 23.2 Å². The molecular formula is C20H23ClN2O. The van der Waals surface area contributed by atoms with Gasteiger partial charge in [0.05, 0.1) is 0 Å². The number of nitrogens with one attached hydrogen (secondary N) is 1. The van der Waals surface area contributed by atoms with Crippen molar-refractivity contribution < 1.29 is 4.79 Å². The summed E-state index contributed by atoms with van der Waals surface area (Å²) in [5, 5.41) is 3.48. The molecule has 1 amide bonds. The number of likely N-dealkylation sites (tertiary alicyclic amines) is 1. The number of rotatable bonds is 4. The lowest BCUT2D eigenvalue weighted by Crippen LogP contribution is -2.33. The zero-order chi connectivity index (χ0) is 16.9. The second-order valence-corrected chi connectivity index (χ2v) is 7.08. The minimum Gasteiger partial charge on any atom is -0.322 e. The first-order valence-electron chi connectivity index (χ1n) is 8.48. The van der Waals surface area contributed by atoms with Crippen LogP contribution in [0.25, 0.3) is 0 Å². The molecule has 126 valence electrons. The molecule has 1 aliphatic rings. The van der Waals surface area contributed by atoms with E-state index in [1.807, 2.05) is 36.4 Å². The van der Waals surface area contributed by atoms with Gasteiger partial charge >= 0.3 is 0 Å². The molecule has 1 heterocycles. The van der Waals surface area contributed by atoms with E-state index in [2.05, 4.69) is 17.1 Å². The Hall–Kier alpha value is -1.84. The van der Waals surface area contributed by atoms with Crippen LogP contribution in [-0.4, -0.2) is 23.9 Å². The molecule has 1 atom stereocenters. The van der Waals surface area contributed by atoms with E-state index in [1.54, 1.807) is 12.1 Å². The van der Waals surface area contributed by atoms with E-state index in [0.29, 0.717) is 16.3 Å². The molecule has 0 bridgehead atoms. The van der Waals surface area contributed by atoms with Gasteiger partial charge in [0.25, 0.3) is 5.91 Å². The van der Waals surface area contributed by atoms with Crippen molar-refractivity contribution in [3.63, 3.8) is 0 Å². The minimum absolute atomic E-state index is 0.115. The lowest BCUT2D eigenvalue weighted by atomic mass is 9.99. The van der Waals surface area contributed by atoms with Crippen LogP contribution < -0.4 is 5.32 Å². The van der Waals surface area contributed by atoms with Gasteiger partial charge in [0.15, 0.2) is 0 Å². The average molecular weight is 343 g/mol. The van der Waals surface area contributed by atoms with Gasteiger partial charge in [-0.1, -0.05) is 36.7 Å². The molecule has 1 aliphatic heterocycles. The van der Waals surface area contributed by atoms with Gasteiger partial charge in [0.1, 0.15) is 0 Å². The zero-order valence-electron chi connectivity index (χ0n) is 14.0. The summed E-state index contributed by atoms with van der Waals surface area (Å²) in [5.41, 5.74) is 2.62. The van der Waals surface area contributed by atoms with E-state index >= 15 is 0 Å². The minimum atomic E-state index is -0.115. The molecule has 0 radical (unpaired) electrons. The van der Waals surface area contributed by atoms with E-state index < -0.39 is 0 Å². The number of carbonyl (C=O) groups is 1. The smallest absolute Gasteiger partial charge is 0.255 e. The van der Waals surface area contributed by atoms with Crippen molar-refractivity contribution in [1.82, 2.24) is 4.90 Å². The lowest BCUT2D eigenvalue weighted by Gasteiger charge is -2.30. The highest BCUT2D eigenvalue weighted by molar-refractivity contribution is 6.30. The van der Waals surface area contributed by atoms with Crippen LogP contribution in [0.1, 0.15) is 35.7 Å². The number of benzene rings is 2. The summed E-state index contributed by atoms with van der Waals surface area (Å²) in [6, 6.07) is 15.1. The number of carbonyl (C=O) groups excluding carboxylic acids is 1. The van der Waals surface area contributed by atoms with Crippen LogP contribution in [-0.2, 0) is 6.54 Å². The third kappa shape index (κ3) is 4.59. The number of hydrogen-bond donors (Lipinski definition) is 1. The van der Waals surface area contributed by atoms with Gasteiger partial charge in [-0.25, -0.2) is 0 Å². The third-order valence-corrected chi connectivity index (χ3v) is 4.68. The van der Waals surface area contributed by atoms with Crippen molar-refractivity contribution in [2.24, 2.45) is 5.92 Å². The molecule has 24 heavy (non-hydrogen) atoms. The number of halogens is 1. The standard InChI is InChI=1S/C20H23ClN2O/c1-15-4-3-11-23(13-15)14-16-7-9-17(10-8-16)20(24)22-19-6-2-5-18(21)12-19/h2,5-10,12,15H,3-4,11,13-14H2,1H3,(H,22,24). The Kier molecular flexibility index (Phi) is 5.54. The molecule has 1 saturated heterocycles. The highest BCUT2D eigenvalue weighted by Gasteiger charge is 2.16. The normalized spacial score (nSPS) is 18.3. The fourth-order valence-electron chi connectivity index (χ4n) is 3.22. The molecular weight excluding hydrogens is 320 g/mol. The monoisotopic (exact) mass is 342 g/mol. The molecule has 1 fully saturated rings. The predicted molar refractivity (Wildman–Crippen MR) is 99.5 cm³/mol. The first-order chi connectivity index (χ1) is 11.6. The summed E-state index contributed by atoms with van der Waals surface area (Å²) < 4.78 is 0. The molecule has 0 saturated carbocycles. The average Bonchev–Trinajstić information content (AvgIpc) is 2.55. The Bertz CT molecular complexity index is 699. The molecule has 0 spiro atoms. The van der Waals surface area contributed by atoms with Gasteiger partial charge < -0.3 is 5.32 Å². The summed E-state index contributed by atoms with van der Waals surface area (Å²) >= 11 is 5.94. The summed E-state index contributed by atoms with van der Waals surface area (Å²) in [6.07, 6.45) is 2.61. The van der Waals surface area contributed by atoms with Gasteiger partial charge in [0, 0.05) is 29.4 Å². The van der Waals surface area contributed by atoms with E-state index in [4.69, 9.17) is 11.6 Å². The number of anilines is 1. The molecule has 3 rings (SSSR count). The second-order valence-electron chi connectivity index (χ2n) is 6.64. The van der Waals surface area contributed by atoms with Gasteiger partial charge in [-0.05, 0) is 61.2 Å². The number of piperidine rings is 1. The molecule has 1 N–H and O–H groups in total. The van der Waals surface area contributed by atoms with E-state index in [9.17, 15) is 4.79 Å². The van der Waals surface area contributed by atoms with Gasteiger partial charge in [-0.3, -0.25) is 9.69 Å². The van der Waals surface area contributed by atoms with Crippen LogP contribution in [0, 0.1) is 5.92 Å². The topological polar surface area (TPSA) is 32.3 Å². The molecule has 0 aliphatic carbocycles. The van der Waals surface area contributed by atoms with Crippen LogP contribution in [0.2, 0.25) is 5.02 Å². The number of amides is 1. The molecule has 1 unspecified atom stereocenters. The summed E-state index contributed by atoms with van der Waals surface area (Å²) in [4.78, 5) is 14.8. The first kappa shape index (κ1) is 17.0. The molecule has 3 nitrogen and oxygen atoms in total. The predicted octanol–water partition coefficient (Wildman–Crippen LogP) is 4.82. The largest absolute Gasteiger partial charge is 0.322 e. The maximum Gasteiger partial charge on any atom is 0.255 e. The fourth-order valence-corrected chi connectivity index (χ4v) is 3.41. The van der Waals surface area contributed by atoms with Crippen LogP contribution in [0.5, 0.6) is 0 Å². The van der Waals surface area contributed by atoms with E-state index in [1.165, 1.54) is 24.9 Å². The Labute approximate surface area is 148 Å². The Morgan fingerprint density at radius 3 is 2.75 bits per heavy atom. The maximum atomic E-state index is 12.3. The van der Waals surface area contributed by atoms with Gasteiger partial charge in [0.2, 0.25) is 0 Å². The Morgan fingerprint density at radius 1 is 1.25 bits per heavy atom. The SMILES string of the molecule is CC1CCCN(Cc2ccc(C(=O)Nc3cccc(Cl)c3)cc2)C1. The van der Waals surface area contributed by atoms with Crippen LogP contribution in [0.4, 0.5) is 5.69 Å². The van der Waals surface area contributed by atoms with Gasteiger partial charge in [-0.2, -0.15) is 0 Å². The fraction of sp³-hybridized carbons (Fsp3) is 0.350. The first-order valence-corrected chi connectivity index (χ1v) is 8.86. The van der Waals surface area contributed by atoms with Crippen molar-refractivity contribution in [3.05, 3.63) is 64.7 Å². The Balaban J connectivity index is 1.60. The van der Waals surface area contributed by atoms with Crippen LogP contribution >= 0.6 is 11.6 Å². The molecule has 0 aromatic heterocycles. The van der Waals surface area contributed by atoms with Gasteiger partial charge in [-0.15, -0.1) is 0 Å². The zero-order valence-corrected chi connectivity index (χ0v) is 14.7. The summed E-state index contributed by atoms with van der Waals surface area (Å²) in [7, 11) is 0. The Morgan fingerprint density at radius 2 is 2.04 bits per heavy atom. The van der Waals surface area contributed by atoms with Crippen molar-refractivity contribution in [2.45, 2.75) is 26.3 Å². The van der Waals surface area contributed by atoms with Crippen LogP contribution in [0.15, 0.2) is 48.5 Å². The molecule has 2 aromatic rings. The quantitative estimate of drug-likeness (QED) is 0.863. The van der Waals surface area contributed by atoms with Crippen molar-refractivity contribution in [2.75, 3.05) is 18.4 Å². The highest BCUT2D eigenvalue weighted by atomic mass is 35.5. The van der Waals surface area contributed by atoms with Crippen LogP contribution in [0.3, 0.4) is 0 Å². The summed E-state index contributed by atoms with van der Waals surface area (Å²) in [6.45, 7) is 5.61. The number of hydrogen-bond acceptors (Lipinski definition) is 2. The van der Waals surface area contributed by atoms with Crippen molar-refractivity contribution in [1.29, 1.82) is 0 Å². The lowest BCUT2D eigenvalue weighted by molar-refractivity contribution is 0.102. The van der Waals surface area contributed by atoms with E-state index in [-0.39, 0.29) is 5.91 Å². The second kappa shape index (κ2) is 7.82. The molecule has 2 aromatic carbocycles. The number of nitrogens with zero attached hydrogens (tertiary/aromatic N) is 1.